The molecule has 1 unspecified atom stereocenters. The van der Waals surface area contributed by atoms with E-state index in [1.165, 1.54) is 0 Å². The number of hydrogen-bond donors (Lipinski definition) is 1. The lowest BCUT2D eigenvalue weighted by atomic mass is 9.81. The van der Waals surface area contributed by atoms with E-state index >= 15 is 0 Å². The third kappa shape index (κ3) is 2.90. The van der Waals surface area contributed by atoms with Gasteiger partial charge in [-0.15, -0.1) is 0 Å². The molecule has 0 aliphatic rings. The highest BCUT2D eigenvalue weighted by Gasteiger charge is 2.33. The highest BCUT2D eigenvalue weighted by molar-refractivity contribution is 5.86. The minimum Gasteiger partial charge on any atom is -0.389 e. The van der Waals surface area contributed by atoms with Crippen LogP contribution in [0.15, 0.2) is 30.3 Å². The quantitative estimate of drug-likeness (QED) is 0.822. The summed E-state index contributed by atoms with van der Waals surface area (Å²) < 4.78 is 0. The lowest BCUT2D eigenvalue weighted by Crippen LogP contribution is -2.34. The second kappa shape index (κ2) is 4.58. The lowest BCUT2D eigenvalue weighted by Gasteiger charge is -2.28. The predicted octanol–water partition coefficient (Wildman–Crippen LogP) is 2.52. The average molecular weight is 206 g/mol. The van der Waals surface area contributed by atoms with Gasteiger partial charge in [0.1, 0.15) is 5.78 Å². The summed E-state index contributed by atoms with van der Waals surface area (Å²) in [5.74, 6) is -0.350. The maximum atomic E-state index is 11.8. The van der Waals surface area contributed by atoms with Gasteiger partial charge >= 0.3 is 0 Å². The van der Waals surface area contributed by atoms with Crippen molar-refractivity contribution in [3.05, 3.63) is 35.9 Å². The Morgan fingerprint density at radius 2 is 1.87 bits per heavy atom. The van der Waals surface area contributed by atoms with Crippen LogP contribution in [-0.4, -0.2) is 16.5 Å². The van der Waals surface area contributed by atoms with E-state index in [0.29, 0.717) is 6.42 Å². The number of rotatable bonds is 4. The molecule has 2 heteroatoms. The van der Waals surface area contributed by atoms with Gasteiger partial charge in [0, 0.05) is 6.42 Å². The molecule has 1 N–H and O–H groups in total. The number of benzene rings is 1. The van der Waals surface area contributed by atoms with Crippen LogP contribution in [0.1, 0.15) is 38.7 Å². The van der Waals surface area contributed by atoms with Gasteiger partial charge in [0.25, 0.3) is 0 Å². The number of carbonyl (C=O) groups excluding carboxylic acids is 1. The van der Waals surface area contributed by atoms with Crippen molar-refractivity contribution in [1.29, 1.82) is 0 Å². The fourth-order valence-corrected chi connectivity index (χ4v) is 1.84. The molecule has 82 valence electrons. The molecule has 1 atom stereocenters. The predicted molar refractivity (Wildman–Crippen MR) is 60.8 cm³/mol. The van der Waals surface area contributed by atoms with Crippen molar-refractivity contribution in [2.45, 2.75) is 38.7 Å². The van der Waals surface area contributed by atoms with E-state index in [1.807, 2.05) is 37.3 Å². The van der Waals surface area contributed by atoms with Gasteiger partial charge in [0.2, 0.25) is 0 Å². The molecule has 0 spiro atoms. The van der Waals surface area contributed by atoms with E-state index in [9.17, 15) is 9.90 Å². The topological polar surface area (TPSA) is 37.3 Å². The summed E-state index contributed by atoms with van der Waals surface area (Å²) in [7, 11) is 0. The SMILES string of the molecule is CCC(=O)C(c1ccccc1)C(C)(C)O. The minimum atomic E-state index is -1.01. The first-order valence-electron chi connectivity index (χ1n) is 5.27. The third-order valence-corrected chi connectivity index (χ3v) is 2.51. The van der Waals surface area contributed by atoms with Crippen LogP contribution >= 0.6 is 0 Å². The molecule has 0 saturated heterocycles. The highest BCUT2D eigenvalue weighted by Crippen LogP contribution is 2.29. The van der Waals surface area contributed by atoms with Gasteiger partial charge in [-0.3, -0.25) is 4.79 Å². The molecule has 0 saturated carbocycles. The van der Waals surface area contributed by atoms with Gasteiger partial charge in [0.05, 0.1) is 11.5 Å². The van der Waals surface area contributed by atoms with Crippen molar-refractivity contribution in [3.63, 3.8) is 0 Å². The third-order valence-electron chi connectivity index (χ3n) is 2.51. The number of carbonyl (C=O) groups is 1. The van der Waals surface area contributed by atoms with Gasteiger partial charge in [0.15, 0.2) is 0 Å². The van der Waals surface area contributed by atoms with E-state index in [4.69, 9.17) is 0 Å². The fraction of sp³-hybridized carbons (Fsp3) is 0.462. The van der Waals surface area contributed by atoms with Crippen LogP contribution in [0.5, 0.6) is 0 Å². The Bertz CT molecular complexity index is 322. The molecule has 0 aliphatic heterocycles. The monoisotopic (exact) mass is 206 g/mol. The van der Waals surface area contributed by atoms with E-state index in [2.05, 4.69) is 0 Å². The Hall–Kier alpha value is -1.15. The zero-order chi connectivity index (χ0) is 11.5. The number of hydrogen-bond acceptors (Lipinski definition) is 2. The fourth-order valence-electron chi connectivity index (χ4n) is 1.84. The first-order valence-corrected chi connectivity index (χ1v) is 5.27. The van der Waals surface area contributed by atoms with Crippen LogP contribution in [0, 0.1) is 0 Å². The lowest BCUT2D eigenvalue weighted by molar-refractivity contribution is -0.125. The van der Waals surface area contributed by atoms with Gasteiger partial charge < -0.3 is 5.11 Å². The second-order valence-corrected chi connectivity index (χ2v) is 4.32. The average Bonchev–Trinajstić information content (AvgIpc) is 2.17. The molecule has 2 nitrogen and oxygen atoms in total. The zero-order valence-electron chi connectivity index (χ0n) is 9.53. The van der Waals surface area contributed by atoms with Crippen LogP contribution in [0.2, 0.25) is 0 Å². The van der Waals surface area contributed by atoms with Crippen molar-refractivity contribution in [1.82, 2.24) is 0 Å². The summed E-state index contributed by atoms with van der Waals surface area (Å²) in [6, 6.07) is 9.45. The standard InChI is InChI=1S/C13H18O2/c1-4-11(14)12(13(2,3)15)10-8-6-5-7-9-10/h5-9,12,15H,4H2,1-3H3. The van der Waals surface area contributed by atoms with Crippen molar-refractivity contribution >= 4 is 5.78 Å². The molecule has 0 bridgehead atoms. The summed E-state index contributed by atoms with van der Waals surface area (Å²) in [6.07, 6.45) is 0.448. The summed E-state index contributed by atoms with van der Waals surface area (Å²) >= 11 is 0. The molecular formula is C13H18O2. The zero-order valence-corrected chi connectivity index (χ0v) is 9.53. The molecule has 1 aromatic rings. The Morgan fingerprint density at radius 1 is 1.33 bits per heavy atom. The van der Waals surface area contributed by atoms with Gasteiger partial charge in [-0.1, -0.05) is 37.3 Å². The maximum absolute atomic E-state index is 11.8. The molecule has 1 aromatic carbocycles. The van der Waals surface area contributed by atoms with Crippen molar-refractivity contribution in [3.8, 4) is 0 Å². The molecule has 0 fully saturated rings. The summed E-state index contributed by atoms with van der Waals surface area (Å²) in [5.41, 5.74) is -0.120. The smallest absolute Gasteiger partial charge is 0.142 e. The van der Waals surface area contributed by atoms with E-state index in [0.717, 1.165) is 5.56 Å². The van der Waals surface area contributed by atoms with Gasteiger partial charge in [-0.25, -0.2) is 0 Å². The van der Waals surface area contributed by atoms with Crippen molar-refractivity contribution < 1.29 is 9.90 Å². The molecule has 0 aliphatic carbocycles. The van der Waals surface area contributed by atoms with E-state index < -0.39 is 11.5 Å². The Balaban J connectivity index is 3.08. The van der Waals surface area contributed by atoms with Crippen molar-refractivity contribution in [2.75, 3.05) is 0 Å². The van der Waals surface area contributed by atoms with Crippen LogP contribution in [0.3, 0.4) is 0 Å². The van der Waals surface area contributed by atoms with Crippen molar-refractivity contribution in [2.24, 2.45) is 0 Å². The molecule has 0 radical (unpaired) electrons. The largest absolute Gasteiger partial charge is 0.389 e. The van der Waals surface area contributed by atoms with Crippen LogP contribution < -0.4 is 0 Å². The van der Waals surface area contributed by atoms with Crippen LogP contribution in [0.25, 0.3) is 0 Å². The first-order chi connectivity index (χ1) is 6.96. The summed E-state index contributed by atoms with van der Waals surface area (Å²) in [4.78, 5) is 11.8. The normalized spacial score (nSPS) is 13.6. The highest BCUT2D eigenvalue weighted by atomic mass is 16.3. The van der Waals surface area contributed by atoms with Crippen LogP contribution in [-0.2, 0) is 4.79 Å². The van der Waals surface area contributed by atoms with Gasteiger partial charge in [-0.2, -0.15) is 0 Å². The van der Waals surface area contributed by atoms with E-state index in [1.54, 1.807) is 13.8 Å². The Morgan fingerprint density at radius 3 is 2.27 bits per heavy atom. The molecule has 0 amide bonds. The number of Topliss-reactive ketones (excluding diaryl/α,β-unsaturated/α-hetero) is 1. The van der Waals surface area contributed by atoms with Gasteiger partial charge in [-0.05, 0) is 19.4 Å². The summed E-state index contributed by atoms with van der Waals surface area (Å²) in [6.45, 7) is 5.18. The molecule has 0 heterocycles. The minimum absolute atomic E-state index is 0.0775. The maximum Gasteiger partial charge on any atom is 0.142 e. The van der Waals surface area contributed by atoms with Crippen LogP contribution in [0.4, 0.5) is 0 Å². The number of aliphatic hydroxyl groups is 1. The Kier molecular flexibility index (Phi) is 3.64. The molecule has 15 heavy (non-hydrogen) atoms. The number of ketones is 1. The Labute approximate surface area is 90.9 Å². The molecule has 1 rings (SSSR count). The molecular weight excluding hydrogens is 188 g/mol. The second-order valence-electron chi connectivity index (χ2n) is 4.32. The first kappa shape index (κ1) is 11.9. The molecule has 0 aromatic heterocycles. The summed E-state index contributed by atoms with van der Waals surface area (Å²) in [5, 5.41) is 10.0. The van der Waals surface area contributed by atoms with E-state index in [-0.39, 0.29) is 5.78 Å².